The molecule has 1 rings (SSSR count). The third-order valence-electron chi connectivity index (χ3n) is 1.40. The van der Waals surface area contributed by atoms with E-state index in [-0.39, 0.29) is 13.1 Å². The minimum atomic E-state index is -0.583. The van der Waals surface area contributed by atoms with E-state index in [1.54, 1.807) is 0 Å². The number of nitrogens with zero attached hydrogens (tertiary/aromatic N) is 1. The van der Waals surface area contributed by atoms with E-state index in [1.165, 1.54) is 0 Å². The van der Waals surface area contributed by atoms with Crippen molar-refractivity contribution in [2.75, 3.05) is 13.1 Å². The maximum absolute atomic E-state index is 10.9. The van der Waals surface area contributed by atoms with Crippen molar-refractivity contribution in [3.63, 3.8) is 0 Å². The lowest BCUT2D eigenvalue weighted by Crippen LogP contribution is -2.43. The molecular formula is C5H8N4O3. The van der Waals surface area contributed by atoms with Gasteiger partial charge >= 0.3 is 6.03 Å². The van der Waals surface area contributed by atoms with Gasteiger partial charge in [-0.3, -0.25) is 19.9 Å². The van der Waals surface area contributed by atoms with Gasteiger partial charge in [0.05, 0.1) is 6.54 Å². The molecule has 4 N–H and O–H groups in total. The molecule has 0 bridgehead atoms. The van der Waals surface area contributed by atoms with E-state index in [0.29, 0.717) is 0 Å². The van der Waals surface area contributed by atoms with Crippen LogP contribution in [-0.4, -0.2) is 35.8 Å². The summed E-state index contributed by atoms with van der Waals surface area (Å²) < 4.78 is 0. The minimum absolute atomic E-state index is 0.0588. The largest absolute Gasteiger partial charge is 0.329 e. The van der Waals surface area contributed by atoms with Crippen molar-refractivity contribution in [3.05, 3.63) is 0 Å². The topological polar surface area (TPSA) is 105 Å². The van der Waals surface area contributed by atoms with Gasteiger partial charge in [-0.1, -0.05) is 0 Å². The third kappa shape index (κ3) is 1.51. The summed E-state index contributed by atoms with van der Waals surface area (Å²) in [5.41, 5.74) is 1.82. The van der Waals surface area contributed by atoms with E-state index in [1.807, 2.05) is 5.43 Å². The number of hydrogen-bond acceptors (Lipinski definition) is 4. The first-order valence-electron chi connectivity index (χ1n) is 3.23. The van der Waals surface area contributed by atoms with Gasteiger partial charge in [0.1, 0.15) is 6.54 Å². The molecule has 0 spiro atoms. The van der Waals surface area contributed by atoms with Crippen LogP contribution >= 0.6 is 0 Å². The molecule has 1 aliphatic heterocycles. The van der Waals surface area contributed by atoms with Crippen molar-refractivity contribution in [3.8, 4) is 0 Å². The highest BCUT2D eigenvalue weighted by Crippen LogP contribution is 1.96. The van der Waals surface area contributed by atoms with Gasteiger partial charge in [0.25, 0.3) is 11.8 Å². The lowest BCUT2D eigenvalue weighted by atomic mass is 10.5. The van der Waals surface area contributed by atoms with Gasteiger partial charge < -0.3 is 5.32 Å². The molecule has 0 unspecified atom stereocenters. The molecule has 12 heavy (non-hydrogen) atoms. The number of amides is 4. The molecule has 0 aliphatic carbocycles. The Morgan fingerprint density at radius 2 is 2.33 bits per heavy atom. The fourth-order valence-electron chi connectivity index (χ4n) is 0.805. The molecule has 0 aromatic rings. The maximum Gasteiger partial charge on any atom is 0.325 e. The highest BCUT2D eigenvalue weighted by Gasteiger charge is 2.29. The van der Waals surface area contributed by atoms with Crippen LogP contribution < -0.4 is 16.6 Å². The van der Waals surface area contributed by atoms with Gasteiger partial charge in [-0.05, 0) is 0 Å². The van der Waals surface area contributed by atoms with E-state index in [9.17, 15) is 14.4 Å². The smallest absolute Gasteiger partial charge is 0.325 e. The SMILES string of the molecule is NNC(=O)CN1C(=O)CNC1=O. The first-order chi connectivity index (χ1) is 5.65. The third-order valence-corrected chi connectivity index (χ3v) is 1.40. The highest BCUT2D eigenvalue weighted by molar-refractivity contribution is 6.04. The van der Waals surface area contributed by atoms with Crippen molar-refractivity contribution in [2.45, 2.75) is 0 Å². The Bertz CT molecular complexity index is 223. The van der Waals surface area contributed by atoms with Crippen molar-refractivity contribution < 1.29 is 14.4 Å². The lowest BCUT2D eigenvalue weighted by Gasteiger charge is -2.09. The summed E-state index contributed by atoms with van der Waals surface area (Å²) in [6.45, 7) is -0.391. The van der Waals surface area contributed by atoms with Crippen LogP contribution in [0.1, 0.15) is 0 Å². The van der Waals surface area contributed by atoms with E-state index in [4.69, 9.17) is 5.84 Å². The summed E-state index contributed by atoms with van der Waals surface area (Å²) in [5.74, 6) is 3.76. The Balaban J connectivity index is 2.56. The van der Waals surface area contributed by atoms with Crippen LogP contribution in [0.25, 0.3) is 0 Å². The van der Waals surface area contributed by atoms with Gasteiger partial charge in [0.15, 0.2) is 0 Å². The molecule has 0 atom stereocenters. The van der Waals surface area contributed by atoms with Crippen LogP contribution in [-0.2, 0) is 9.59 Å². The van der Waals surface area contributed by atoms with E-state index in [0.717, 1.165) is 4.90 Å². The number of nitrogens with two attached hydrogens (primary N) is 1. The Hall–Kier alpha value is -1.63. The van der Waals surface area contributed by atoms with E-state index >= 15 is 0 Å². The molecule has 1 saturated heterocycles. The molecule has 66 valence electrons. The number of rotatable bonds is 2. The number of urea groups is 1. The highest BCUT2D eigenvalue weighted by atomic mass is 16.2. The molecule has 7 heteroatoms. The monoisotopic (exact) mass is 172 g/mol. The Labute approximate surface area is 67.8 Å². The molecule has 0 aromatic carbocycles. The average Bonchev–Trinajstić information content (AvgIpc) is 2.35. The second-order valence-electron chi connectivity index (χ2n) is 2.21. The van der Waals surface area contributed by atoms with Gasteiger partial charge in [-0.2, -0.15) is 0 Å². The Kier molecular flexibility index (Phi) is 2.24. The first-order valence-corrected chi connectivity index (χ1v) is 3.23. The van der Waals surface area contributed by atoms with Crippen molar-refractivity contribution in [2.24, 2.45) is 5.84 Å². The lowest BCUT2D eigenvalue weighted by molar-refractivity contribution is -0.130. The summed E-state index contributed by atoms with van der Waals surface area (Å²) in [6.07, 6.45) is 0. The van der Waals surface area contributed by atoms with Crippen LogP contribution in [0.15, 0.2) is 0 Å². The van der Waals surface area contributed by atoms with Crippen LogP contribution in [0.5, 0.6) is 0 Å². The summed E-state index contributed by atoms with van der Waals surface area (Å²) >= 11 is 0. The van der Waals surface area contributed by atoms with Crippen molar-refractivity contribution in [1.29, 1.82) is 0 Å². The zero-order chi connectivity index (χ0) is 9.14. The standard InChI is InChI=1S/C5H8N4O3/c6-8-3(10)2-9-4(11)1-7-5(9)12/h1-2,6H2,(H,7,12)(H,8,10). The fourth-order valence-corrected chi connectivity index (χ4v) is 0.805. The summed E-state index contributed by atoms with van der Waals surface area (Å²) in [6, 6.07) is -0.566. The van der Waals surface area contributed by atoms with Gasteiger partial charge in [-0.15, -0.1) is 0 Å². The van der Waals surface area contributed by atoms with Crippen LogP contribution in [0, 0.1) is 0 Å². The van der Waals surface area contributed by atoms with Crippen LogP contribution in [0.2, 0.25) is 0 Å². The number of hydrogen-bond donors (Lipinski definition) is 3. The average molecular weight is 172 g/mol. The minimum Gasteiger partial charge on any atom is -0.329 e. The second kappa shape index (κ2) is 3.18. The Morgan fingerprint density at radius 1 is 1.67 bits per heavy atom. The predicted molar refractivity (Wildman–Crippen MR) is 37.4 cm³/mol. The molecule has 1 fully saturated rings. The van der Waals surface area contributed by atoms with Crippen molar-refractivity contribution >= 4 is 17.8 Å². The molecule has 1 heterocycles. The van der Waals surface area contributed by atoms with Crippen molar-refractivity contribution in [1.82, 2.24) is 15.6 Å². The number of hydrazine groups is 1. The number of imide groups is 1. The van der Waals surface area contributed by atoms with E-state index in [2.05, 4.69) is 5.32 Å². The van der Waals surface area contributed by atoms with Crippen LogP contribution in [0.4, 0.5) is 4.79 Å². The molecule has 4 amide bonds. The molecule has 1 aliphatic rings. The fraction of sp³-hybridized carbons (Fsp3) is 0.400. The maximum atomic E-state index is 10.9. The van der Waals surface area contributed by atoms with Gasteiger partial charge in [-0.25, -0.2) is 10.6 Å². The quantitative estimate of drug-likeness (QED) is 0.186. The zero-order valence-electron chi connectivity index (χ0n) is 6.16. The van der Waals surface area contributed by atoms with Gasteiger partial charge in [0, 0.05) is 0 Å². The predicted octanol–water partition coefficient (Wildman–Crippen LogP) is -2.47. The first kappa shape index (κ1) is 8.47. The summed E-state index contributed by atoms with van der Waals surface area (Å²) in [7, 11) is 0. The number of carbonyl (C=O) groups is 3. The summed E-state index contributed by atoms with van der Waals surface area (Å²) in [4.78, 5) is 33.1. The zero-order valence-corrected chi connectivity index (χ0v) is 6.16. The molecule has 0 radical (unpaired) electrons. The Morgan fingerprint density at radius 3 is 2.75 bits per heavy atom. The van der Waals surface area contributed by atoms with Gasteiger partial charge in [0.2, 0.25) is 0 Å². The molecule has 0 aromatic heterocycles. The molecule has 7 nitrogen and oxygen atoms in total. The van der Waals surface area contributed by atoms with Crippen LogP contribution in [0.3, 0.4) is 0 Å². The molecule has 0 saturated carbocycles. The number of carbonyl (C=O) groups excluding carboxylic acids is 3. The number of nitrogens with one attached hydrogen (secondary N) is 2. The van der Waals surface area contributed by atoms with E-state index < -0.39 is 17.8 Å². The normalized spacial score (nSPS) is 16.2. The summed E-state index contributed by atoms with van der Waals surface area (Å²) in [5, 5.41) is 2.27. The molecular weight excluding hydrogens is 164 g/mol. The second-order valence-corrected chi connectivity index (χ2v) is 2.21.